The molecule has 0 radical (unpaired) electrons. The summed E-state index contributed by atoms with van der Waals surface area (Å²) >= 11 is 0. The van der Waals surface area contributed by atoms with Gasteiger partial charge >= 0.3 is 0 Å². The van der Waals surface area contributed by atoms with E-state index in [1.165, 1.54) is 5.56 Å². The van der Waals surface area contributed by atoms with E-state index in [1.54, 1.807) is 0 Å². The summed E-state index contributed by atoms with van der Waals surface area (Å²) in [4.78, 5) is 6.51. The number of aromatic nitrogens is 1. The molecule has 0 spiro atoms. The van der Waals surface area contributed by atoms with Crippen LogP contribution in [0.25, 0.3) is 0 Å². The molecule has 1 N–H and O–H groups in total. The number of pyridine rings is 1. The largest absolute Gasteiger partial charge is 0.384 e. The Morgan fingerprint density at radius 3 is 2.68 bits per heavy atom. The Balaban J connectivity index is 1.95. The highest BCUT2D eigenvalue weighted by molar-refractivity contribution is 5.55. The Hall–Kier alpha value is -2.03. The lowest BCUT2D eigenvalue weighted by Gasteiger charge is -2.19. The second kappa shape index (κ2) is 6.78. The third kappa shape index (κ3) is 3.98. The number of nitrogens with zero attached hydrogens (tertiary/aromatic N) is 2. The van der Waals surface area contributed by atoms with Crippen LogP contribution in [0.4, 0.5) is 11.4 Å². The summed E-state index contributed by atoms with van der Waals surface area (Å²) in [6, 6.07) is 12.7. The molecule has 0 saturated heterocycles. The molecule has 1 aromatic heterocycles. The molecule has 100 valence electrons. The topological polar surface area (TPSA) is 28.2 Å². The third-order valence-electron chi connectivity index (χ3n) is 3.12. The molecule has 1 aromatic carbocycles. The first-order valence-corrected chi connectivity index (χ1v) is 6.73. The van der Waals surface area contributed by atoms with E-state index in [0.717, 1.165) is 30.9 Å². The number of likely N-dealkylation sites (N-methyl/N-ethyl adjacent to an activating group) is 1. The van der Waals surface area contributed by atoms with Crippen molar-refractivity contribution in [2.75, 3.05) is 30.4 Å². The predicted molar refractivity (Wildman–Crippen MR) is 81.8 cm³/mol. The molecule has 0 saturated carbocycles. The molecule has 0 aliphatic carbocycles. The van der Waals surface area contributed by atoms with Crippen LogP contribution in [0.2, 0.25) is 0 Å². The highest BCUT2D eigenvalue weighted by Gasteiger charge is 2.03. The molecule has 0 amide bonds. The number of hydrogen-bond donors (Lipinski definition) is 1. The lowest BCUT2D eigenvalue weighted by Crippen LogP contribution is -2.20. The zero-order valence-electron chi connectivity index (χ0n) is 11.6. The predicted octanol–water partition coefficient (Wildman–Crippen LogP) is 3.19. The van der Waals surface area contributed by atoms with Crippen molar-refractivity contribution in [3.63, 3.8) is 0 Å². The van der Waals surface area contributed by atoms with Gasteiger partial charge < -0.3 is 10.2 Å². The van der Waals surface area contributed by atoms with Gasteiger partial charge in [0, 0.05) is 20.1 Å². The molecule has 0 atom stereocenters. The summed E-state index contributed by atoms with van der Waals surface area (Å²) in [5, 5.41) is 3.29. The van der Waals surface area contributed by atoms with Crippen molar-refractivity contribution in [3.05, 3.63) is 54.4 Å². The van der Waals surface area contributed by atoms with E-state index in [1.807, 2.05) is 12.4 Å². The second-order valence-electron chi connectivity index (χ2n) is 4.62. The maximum absolute atomic E-state index is 4.28. The first-order chi connectivity index (χ1) is 9.29. The van der Waals surface area contributed by atoms with Gasteiger partial charge in [0.1, 0.15) is 0 Å². The Kier molecular flexibility index (Phi) is 4.78. The molecule has 0 unspecified atom stereocenters. The summed E-state index contributed by atoms with van der Waals surface area (Å²) in [7, 11) is 2.11. The van der Waals surface area contributed by atoms with Crippen molar-refractivity contribution < 1.29 is 0 Å². The normalized spacial score (nSPS) is 10.2. The van der Waals surface area contributed by atoms with Crippen LogP contribution in [0.5, 0.6) is 0 Å². The lowest BCUT2D eigenvalue weighted by atomic mass is 10.1. The minimum absolute atomic E-state index is 0.916. The van der Waals surface area contributed by atoms with Gasteiger partial charge in [-0.3, -0.25) is 4.98 Å². The average Bonchev–Trinajstić information content (AvgIpc) is 2.46. The maximum atomic E-state index is 4.28. The molecule has 0 aliphatic rings. The number of anilines is 2. The van der Waals surface area contributed by atoms with Crippen LogP contribution in [-0.4, -0.2) is 25.1 Å². The average molecular weight is 255 g/mol. The molecule has 3 nitrogen and oxygen atoms in total. The van der Waals surface area contributed by atoms with Gasteiger partial charge in [0.15, 0.2) is 0 Å². The van der Waals surface area contributed by atoms with Crippen molar-refractivity contribution in [2.45, 2.75) is 13.3 Å². The fourth-order valence-electron chi connectivity index (χ4n) is 2.01. The first kappa shape index (κ1) is 13.4. The van der Waals surface area contributed by atoms with Crippen molar-refractivity contribution in [2.24, 2.45) is 0 Å². The number of rotatable bonds is 6. The zero-order valence-corrected chi connectivity index (χ0v) is 11.6. The van der Waals surface area contributed by atoms with Gasteiger partial charge in [0.25, 0.3) is 0 Å². The molecule has 19 heavy (non-hydrogen) atoms. The molecule has 1 heterocycles. The first-order valence-electron chi connectivity index (χ1n) is 6.73. The zero-order chi connectivity index (χ0) is 13.5. The van der Waals surface area contributed by atoms with Crippen LogP contribution in [0, 0.1) is 0 Å². The van der Waals surface area contributed by atoms with Crippen LogP contribution in [0.15, 0.2) is 48.8 Å². The summed E-state index contributed by atoms with van der Waals surface area (Å²) in [6.07, 6.45) is 4.81. The molecule has 0 fully saturated rings. The fourth-order valence-corrected chi connectivity index (χ4v) is 2.01. The summed E-state index contributed by atoms with van der Waals surface area (Å²) in [5.41, 5.74) is 3.59. The van der Waals surface area contributed by atoms with Crippen LogP contribution >= 0.6 is 0 Å². The number of hydrogen-bond acceptors (Lipinski definition) is 3. The van der Waals surface area contributed by atoms with Gasteiger partial charge in [-0.1, -0.05) is 30.3 Å². The van der Waals surface area contributed by atoms with E-state index < -0.39 is 0 Å². The standard InChI is InChI=1S/C16H21N3/c1-3-18-15-11-16(13-17-12-15)19(2)10-9-14-7-5-4-6-8-14/h4-8,11-13,18H,3,9-10H2,1-2H3. The minimum atomic E-state index is 0.916. The Labute approximate surface area is 115 Å². The van der Waals surface area contributed by atoms with Crippen molar-refractivity contribution in [1.29, 1.82) is 0 Å². The van der Waals surface area contributed by atoms with E-state index in [2.05, 4.69) is 65.6 Å². The monoisotopic (exact) mass is 255 g/mol. The van der Waals surface area contributed by atoms with Gasteiger partial charge in [-0.05, 0) is 25.0 Å². The highest BCUT2D eigenvalue weighted by Crippen LogP contribution is 2.16. The Morgan fingerprint density at radius 2 is 1.95 bits per heavy atom. The molecule has 3 heteroatoms. The molecule has 2 aromatic rings. The number of benzene rings is 1. The van der Waals surface area contributed by atoms with Gasteiger partial charge in [0.05, 0.1) is 23.8 Å². The maximum Gasteiger partial charge on any atom is 0.0570 e. The second-order valence-corrected chi connectivity index (χ2v) is 4.62. The van der Waals surface area contributed by atoms with Gasteiger partial charge in [0.2, 0.25) is 0 Å². The van der Waals surface area contributed by atoms with Gasteiger partial charge in [-0.2, -0.15) is 0 Å². The SMILES string of the molecule is CCNc1cncc(N(C)CCc2ccccc2)c1. The van der Waals surface area contributed by atoms with Crippen molar-refractivity contribution in [3.8, 4) is 0 Å². The Bertz CT molecular complexity index is 496. The molecule has 0 aliphatic heterocycles. The van der Waals surface area contributed by atoms with E-state index >= 15 is 0 Å². The van der Waals surface area contributed by atoms with E-state index in [-0.39, 0.29) is 0 Å². The molecule has 0 bridgehead atoms. The van der Waals surface area contributed by atoms with Crippen LogP contribution in [0.1, 0.15) is 12.5 Å². The lowest BCUT2D eigenvalue weighted by molar-refractivity contribution is 0.873. The van der Waals surface area contributed by atoms with E-state index in [4.69, 9.17) is 0 Å². The fraction of sp³-hybridized carbons (Fsp3) is 0.312. The molecular formula is C16H21N3. The smallest absolute Gasteiger partial charge is 0.0570 e. The van der Waals surface area contributed by atoms with Crippen LogP contribution in [-0.2, 0) is 6.42 Å². The highest BCUT2D eigenvalue weighted by atomic mass is 15.1. The quantitative estimate of drug-likeness (QED) is 0.859. The Morgan fingerprint density at radius 1 is 1.16 bits per heavy atom. The molecular weight excluding hydrogens is 234 g/mol. The van der Waals surface area contributed by atoms with Crippen LogP contribution in [0.3, 0.4) is 0 Å². The van der Waals surface area contributed by atoms with Gasteiger partial charge in [-0.25, -0.2) is 0 Å². The number of nitrogens with one attached hydrogen (secondary N) is 1. The summed E-state index contributed by atoms with van der Waals surface area (Å²) in [5.74, 6) is 0. The van der Waals surface area contributed by atoms with Crippen molar-refractivity contribution >= 4 is 11.4 Å². The van der Waals surface area contributed by atoms with Crippen LogP contribution < -0.4 is 10.2 Å². The van der Waals surface area contributed by atoms with E-state index in [9.17, 15) is 0 Å². The summed E-state index contributed by atoms with van der Waals surface area (Å²) in [6.45, 7) is 3.99. The molecule has 2 rings (SSSR count). The minimum Gasteiger partial charge on any atom is -0.384 e. The van der Waals surface area contributed by atoms with Gasteiger partial charge in [-0.15, -0.1) is 0 Å². The van der Waals surface area contributed by atoms with Crippen molar-refractivity contribution in [1.82, 2.24) is 4.98 Å². The summed E-state index contributed by atoms with van der Waals surface area (Å²) < 4.78 is 0. The van der Waals surface area contributed by atoms with E-state index in [0.29, 0.717) is 0 Å². The third-order valence-corrected chi connectivity index (χ3v) is 3.12.